The summed E-state index contributed by atoms with van der Waals surface area (Å²) in [6, 6.07) is 3.65. The lowest BCUT2D eigenvalue weighted by Crippen LogP contribution is -2.33. The molecule has 4 nitrogen and oxygen atoms in total. The standard InChI is InChI=1S/C14H16N2O2S/c1-10(2)9-16-13(17)12(15-14(16)19)7-3-5-11-6-4-8-18-11/h3-8,10H,9H2,1-2H3,(H,15,19)/b5-3+,12-7+. The highest BCUT2D eigenvalue weighted by Crippen LogP contribution is 2.13. The minimum Gasteiger partial charge on any atom is -0.465 e. The number of furan rings is 1. The number of nitrogens with zero attached hydrogens (tertiary/aromatic N) is 1. The normalized spacial score (nSPS) is 18.1. The zero-order valence-corrected chi connectivity index (χ0v) is 11.7. The lowest BCUT2D eigenvalue weighted by Gasteiger charge is -2.15. The Bertz CT molecular complexity index is 530. The van der Waals surface area contributed by atoms with Crippen molar-refractivity contribution >= 4 is 29.3 Å². The van der Waals surface area contributed by atoms with Gasteiger partial charge in [-0.15, -0.1) is 0 Å². The maximum atomic E-state index is 12.1. The van der Waals surface area contributed by atoms with E-state index in [4.69, 9.17) is 16.6 Å². The fourth-order valence-electron chi connectivity index (χ4n) is 1.74. The Hall–Kier alpha value is -1.88. The first kappa shape index (κ1) is 13.5. The maximum absolute atomic E-state index is 12.1. The summed E-state index contributed by atoms with van der Waals surface area (Å²) in [5.41, 5.74) is 0.494. The van der Waals surface area contributed by atoms with E-state index in [0.717, 1.165) is 5.76 Å². The van der Waals surface area contributed by atoms with E-state index in [-0.39, 0.29) is 5.91 Å². The SMILES string of the molecule is CC(C)CN1C(=O)/C(=C\C=C\c2ccco2)NC1=S. The molecule has 1 aromatic rings. The molecule has 1 N–H and O–H groups in total. The number of amides is 1. The van der Waals surface area contributed by atoms with Crippen LogP contribution in [0.25, 0.3) is 6.08 Å². The van der Waals surface area contributed by atoms with E-state index in [1.54, 1.807) is 29.4 Å². The zero-order chi connectivity index (χ0) is 13.8. The molecule has 1 aliphatic rings. The first-order chi connectivity index (χ1) is 9.08. The summed E-state index contributed by atoms with van der Waals surface area (Å²) in [5.74, 6) is 1.04. The van der Waals surface area contributed by atoms with Gasteiger partial charge < -0.3 is 9.73 Å². The van der Waals surface area contributed by atoms with Crippen LogP contribution in [0.1, 0.15) is 19.6 Å². The van der Waals surface area contributed by atoms with E-state index in [9.17, 15) is 4.79 Å². The molecule has 1 fully saturated rings. The molecule has 0 atom stereocenters. The molecule has 1 saturated heterocycles. The highest BCUT2D eigenvalue weighted by Gasteiger charge is 2.30. The molecule has 5 heteroatoms. The second-order valence-corrected chi connectivity index (χ2v) is 5.08. The monoisotopic (exact) mass is 276 g/mol. The van der Waals surface area contributed by atoms with Crippen molar-refractivity contribution in [2.45, 2.75) is 13.8 Å². The third-order valence-corrected chi connectivity index (χ3v) is 2.90. The molecular weight excluding hydrogens is 260 g/mol. The minimum absolute atomic E-state index is 0.0807. The molecule has 1 aromatic heterocycles. The number of allylic oxidation sites excluding steroid dienone is 2. The van der Waals surface area contributed by atoms with Crippen LogP contribution < -0.4 is 5.32 Å². The number of rotatable bonds is 4. The highest BCUT2D eigenvalue weighted by molar-refractivity contribution is 7.80. The number of thiocarbonyl (C=S) groups is 1. The van der Waals surface area contributed by atoms with Gasteiger partial charge in [-0.3, -0.25) is 9.69 Å². The Kier molecular flexibility index (Phi) is 4.16. The van der Waals surface area contributed by atoms with Crippen LogP contribution >= 0.6 is 12.2 Å². The summed E-state index contributed by atoms with van der Waals surface area (Å²) in [6.07, 6.45) is 6.86. The molecule has 100 valence electrons. The third kappa shape index (κ3) is 3.32. The van der Waals surface area contributed by atoms with Crippen molar-refractivity contribution in [3.05, 3.63) is 42.0 Å². The zero-order valence-electron chi connectivity index (χ0n) is 10.9. The third-order valence-electron chi connectivity index (χ3n) is 2.58. The number of hydrogen-bond acceptors (Lipinski definition) is 3. The van der Waals surface area contributed by atoms with E-state index in [2.05, 4.69) is 19.2 Å². The molecule has 19 heavy (non-hydrogen) atoms. The second-order valence-electron chi connectivity index (χ2n) is 4.69. The minimum atomic E-state index is -0.0807. The van der Waals surface area contributed by atoms with Crippen LogP contribution in [0.4, 0.5) is 0 Å². The van der Waals surface area contributed by atoms with E-state index < -0.39 is 0 Å². The van der Waals surface area contributed by atoms with Crippen molar-refractivity contribution in [3.8, 4) is 0 Å². The van der Waals surface area contributed by atoms with Crippen LogP contribution in [0.2, 0.25) is 0 Å². The predicted molar refractivity (Wildman–Crippen MR) is 78.1 cm³/mol. The van der Waals surface area contributed by atoms with Crippen molar-refractivity contribution in [3.63, 3.8) is 0 Å². The van der Waals surface area contributed by atoms with E-state index in [1.165, 1.54) is 0 Å². The molecule has 0 aliphatic carbocycles. The van der Waals surface area contributed by atoms with Crippen LogP contribution in [0, 0.1) is 5.92 Å². The van der Waals surface area contributed by atoms with Gasteiger partial charge >= 0.3 is 0 Å². The summed E-state index contributed by atoms with van der Waals surface area (Å²) in [6.45, 7) is 4.73. The van der Waals surface area contributed by atoms with Gasteiger partial charge in [-0.1, -0.05) is 19.9 Å². The molecule has 0 aromatic carbocycles. The van der Waals surface area contributed by atoms with Crippen molar-refractivity contribution in [2.75, 3.05) is 6.54 Å². The van der Waals surface area contributed by atoms with Crippen LogP contribution in [0.3, 0.4) is 0 Å². The lowest BCUT2D eigenvalue weighted by molar-refractivity contribution is -0.122. The second kappa shape index (κ2) is 5.84. The van der Waals surface area contributed by atoms with Crippen LogP contribution in [-0.2, 0) is 4.79 Å². The average molecular weight is 276 g/mol. The number of nitrogens with one attached hydrogen (secondary N) is 1. The molecule has 1 aliphatic heterocycles. The van der Waals surface area contributed by atoms with Crippen molar-refractivity contribution < 1.29 is 9.21 Å². The van der Waals surface area contributed by atoms with Gasteiger partial charge in [0.05, 0.1) is 6.26 Å². The summed E-state index contributed by atoms with van der Waals surface area (Å²) in [7, 11) is 0. The highest BCUT2D eigenvalue weighted by atomic mass is 32.1. The van der Waals surface area contributed by atoms with Gasteiger partial charge in [-0.2, -0.15) is 0 Å². The Morgan fingerprint density at radius 2 is 2.32 bits per heavy atom. The average Bonchev–Trinajstić information content (AvgIpc) is 2.94. The van der Waals surface area contributed by atoms with Crippen molar-refractivity contribution in [2.24, 2.45) is 5.92 Å². The Morgan fingerprint density at radius 3 is 2.95 bits per heavy atom. The molecule has 0 radical (unpaired) electrons. The molecule has 1 amide bonds. The van der Waals surface area contributed by atoms with Crippen molar-refractivity contribution in [1.29, 1.82) is 0 Å². The van der Waals surface area contributed by atoms with Gasteiger partial charge in [-0.25, -0.2) is 0 Å². The van der Waals surface area contributed by atoms with Gasteiger partial charge in [0, 0.05) is 6.54 Å². The molecule has 2 rings (SSSR count). The Labute approximate surface area is 117 Å². The molecular formula is C14H16N2O2S. The smallest absolute Gasteiger partial charge is 0.276 e. The number of carbonyl (C=O) groups is 1. The van der Waals surface area contributed by atoms with Gasteiger partial charge in [-0.05, 0) is 42.4 Å². The summed E-state index contributed by atoms with van der Waals surface area (Å²) < 4.78 is 5.16. The summed E-state index contributed by atoms with van der Waals surface area (Å²) in [5, 5.41) is 3.40. The van der Waals surface area contributed by atoms with Gasteiger partial charge in [0.15, 0.2) is 5.11 Å². The van der Waals surface area contributed by atoms with E-state index >= 15 is 0 Å². The molecule has 0 unspecified atom stereocenters. The summed E-state index contributed by atoms with van der Waals surface area (Å²) >= 11 is 5.15. The Balaban J connectivity index is 2.06. The van der Waals surface area contributed by atoms with E-state index in [1.807, 2.05) is 12.1 Å². The van der Waals surface area contributed by atoms with Crippen LogP contribution in [0.5, 0.6) is 0 Å². The molecule has 0 saturated carbocycles. The molecule has 2 heterocycles. The predicted octanol–water partition coefficient (Wildman–Crippen LogP) is 2.55. The maximum Gasteiger partial charge on any atom is 0.276 e. The van der Waals surface area contributed by atoms with Crippen LogP contribution in [0.15, 0.2) is 40.7 Å². The van der Waals surface area contributed by atoms with Gasteiger partial charge in [0.1, 0.15) is 11.5 Å². The fourth-order valence-corrected chi connectivity index (χ4v) is 2.01. The molecule has 0 bridgehead atoms. The quantitative estimate of drug-likeness (QED) is 0.678. The first-order valence-electron chi connectivity index (χ1n) is 6.12. The lowest BCUT2D eigenvalue weighted by atomic mass is 10.2. The number of carbonyl (C=O) groups excluding carboxylic acids is 1. The molecule has 0 spiro atoms. The van der Waals surface area contributed by atoms with Gasteiger partial charge in [0.2, 0.25) is 0 Å². The summed E-state index contributed by atoms with van der Waals surface area (Å²) in [4.78, 5) is 13.7. The van der Waals surface area contributed by atoms with Gasteiger partial charge in [0.25, 0.3) is 5.91 Å². The first-order valence-corrected chi connectivity index (χ1v) is 6.53. The number of hydrogen-bond donors (Lipinski definition) is 1. The topological polar surface area (TPSA) is 45.5 Å². The largest absolute Gasteiger partial charge is 0.465 e. The van der Waals surface area contributed by atoms with Crippen molar-refractivity contribution in [1.82, 2.24) is 10.2 Å². The Morgan fingerprint density at radius 1 is 1.53 bits per heavy atom. The fraction of sp³-hybridized carbons (Fsp3) is 0.286. The van der Waals surface area contributed by atoms with E-state index in [0.29, 0.717) is 23.3 Å². The van der Waals surface area contributed by atoms with Crippen LogP contribution in [-0.4, -0.2) is 22.5 Å².